The molecule has 0 aliphatic heterocycles. The molecule has 2 heteroatoms. The highest BCUT2D eigenvalue weighted by atomic mass is 16.5. The fraction of sp³-hybridized carbons (Fsp3) is 0.824. The second-order valence-electron chi connectivity index (χ2n) is 5.46. The fourth-order valence-electron chi connectivity index (χ4n) is 1.96. The third-order valence-corrected chi connectivity index (χ3v) is 3.01. The van der Waals surface area contributed by atoms with Gasteiger partial charge in [0.15, 0.2) is 0 Å². The van der Waals surface area contributed by atoms with Crippen molar-refractivity contribution >= 4 is 5.97 Å². The van der Waals surface area contributed by atoms with Crippen LogP contribution in [0.2, 0.25) is 0 Å². The first-order valence-electron chi connectivity index (χ1n) is 8.01. The molecule has 0 aromatic carbocycles. The lowest BCUT2D eigenvalue weighted by atomic mass is 10.1. The molecule has 0 rings (SSSR count). The van der Waals surface area contributed by atoms with Crippen molar-refractivity contribution in [3.05, 3.63) is 12.2 Å². The first kappa shape index (κ1) is 18.2. The molecular weight excluding hydrogens is 236 g/mol. The maximum absolute atomic E-state index is 11.3. The highest BCUT2D eigenvalue weighted by Gasteiger charge is 2.03. The second-order valence-corrected chi connectivity index (χ2v) is 5.46. The van der Waals surface area contributed by atoms with Gasteiger partial charge >= 0.3 is 5.97 Å². The Morgan fingerprint density at radius 2 is 1.53 bits per heavy atom. The van der Waals surface area contributed by atoms with Crippen molar-refractivity contribution < 1.29 is 9.53 Å². The van der Waals surface area contributed by atoms with E-state index < -0.39 is 0 Å². The lowest BCUT2D eigenvalue weighted by Gasteiger charge is -2.06. The summed E-state index contributed by atoms with van der Waals surface area (Å²) in [6.07, 6.45) is 16.2. The quantitative estimate of drug-likeness (QED) is 0.268. The molecule has 112 valence electrons. The van der Waals surface area contributed by atoms with Gasteiger partial charge in [0, 0.05) is 6.42 Å². The van der Waals surface area contributed by atoms with Crippen LogP contribution in [0.15, 0.2) is 12.2 Å². The Kier molecular flexibility index (Phi) is 13.1. The van der Waals surface area contributed by atoms with E-state index in [-0.39, 0.29) is 12.1 Å². The molecule has 0 radical (unpaired) electrons. The number of ether oxygens (including phenoxy) is 1. The van der Waals surface area contributed by atoms with Gasteiger partial charge < -0.3 is 4.74 Å². The summed E-state index contributed by atoms with van der Waals surface area (Å²) in [4.78, 5) is 11.3. The van der Waals surface area contributed by atoms with Crippen LogP contribution in [-0.4, -0.2) is 12.1 Å². The van der Waals surface area contributed by atoms with Crippen molar-refractivity contribution in [2.75, 3.05) is 0 Å². The van der Waals surface area contributed by atoms with E-state index >= 15 is 0 Å². The van der Waals surface area contributed by atoms with E-state index in [1.807, 2.05) is 13.8 Å². The fourth-order valence-corrected chi connectivity index (χ4v) is 1.96. The van der Waals surface area contributed by atoms with E-state index in [1.165, 1.54) is 44.9 Å². The van der Waals surface area contributed by atoms with Crippen molar-refractivity contribution in [3.8, 4) is 0 Å². The summed E-state index contributed by atoms with van der Waals surface area (Å²) in [5.74, 6) is -0.0701. The Bertz CT molecular complexity index is 231. The first-order valence-corrected chi connectivity index (χ1v) is 8.01. The highest BCUT2D eigenvalue weighted by Crippen LogP contribution is 2.08. The Morgan fingerprint density at radius 3 is 2.16 bits per heavy atom. The van der Waals surface area contributed by atoms with Gasteiger partial charge in [-0.2, -0.15) is 0 Å². The molecule has 0 bridgehead atoms. The van der Waals surface area contributed by atoms with Gasteiger partial charge in [-0.1, -0.05) is 51.2 Å². The van der Waals surface area contributed by atoms with Gasteiger partial charge in [0.05, 0.1) is 6.10 Å². The molecule has 0 N–H and O–H groups in total. The Hall–Kier alpha value is -0.790. The lowest BCUT2D eigenvalue weighted by molar-refractivity contribution is -0.147. The third-order valence-electron chi connectivity index (χ3n) is 3.01. The zero-order valence-electron chi connectivity index (χ0n) is 13.1. The average molecular weight is 268 g/mol. The van der Waals surface area contributed by atoms with Crippen LogP contribution in [0.3, 0.4) is 0 Å². The van der Waals surface area contributed by atoms with Gasteiger partial charge in [-0.25, -0.2) is 0 Å². The Labute approximate surface area is 119 Å². The maximum Gasteiger partial charge on any atom is 0.306 e. The van der Waals surface area contributed by atoms with Crippen LogP contribution in [0, 0.1) is 0 Å². The number of allylic oxidation sites excluding steroid dienone is 2. The van der Waals surface area contributed by atoms with E-state index in [0.29, 0.717) is 6.42 Å². The van der Waals surface area contributed by atoms with Gasteiger partial charge in [-0.3, -0.25) is 4.79 Å². The van der Waals surface area contributed by atoms with Crippen molar-refractivity contribution in [2.24, 2.45) is 0 Å². The molecule has 0 spiro atoms. The number of esters is 1. The van der Waals surface area contributed by atoms with Crippen molar-refractivity contribution in [3.63, 3.8) is 0 Å². The summed E-state index contributed by atoms with van der Waals surface area (Å²) >= 11 is 0. The largest absolute Gasteiger partial charge is 0.463 e. The van der Waals surface area contributed by atoms with Crippen LogP contribution < -0.4 is 0 Å². The highest BCUT2D eigenvalue weighted by molar-refractivity contribution is 5.69. The molecule has 0 amide bonds. The Balaban J connectivity index is 3.23. The summed E-state index contributed by atoms with van der Waals surface area (Å²) in [6.45, 7) is 6.02. The molecule has 0 aromatic rings. The molecule has 0 saturated heterocycles. The van der Waals surface area contributed by atoms with Crippen LogP contribution in [0.1, 0.15) is 85.0 Å². The average Bonchev–Trinajstić information content (AvgIpc) is 2.35. The molecular formula is C17H32O2. The summed E-state index contributed by atoms with van der Waals surface area (Å²) in [6, 6.07) is 0. The third kappa shape index (κ3) is 15.2. The van der Waals surface area contributed by atoms with Crippen LogP contribution in [0.25, 0.3) is 0 Å². The molecule has 0 fully saturated rings. The van der Waals surface area contributed by atoms with Crippen molar-refractivity contribution in [2.45, 2.75) is 91.1 Å². The maximum atomic E-state index is 11.3. The summed E-state index contributed by atoms with van der Waals surface area (Å²) in [5.41, 5.74) is 0. The monoisotopic (exact) mass is 268 g/mol. The molecule has 0 aliphatic rings. The molecule has 0 saturated carbocycles. The number of hydrogen-bond donors (Lipinski definition) is 0. The Morgan fingerprint density at radius 1 is 0.947 bits per heavy atom. The van der Waals surface area contributed by atoms with Crippen molar-refractivity contribution in [1.82, 2.24) is 0 Å². The minimum Gasteiger partial charge on any atom is -0.463 e. The molecule has 0 aliphatic carbocycles. The summed E-state index contributed by atoms with van der Waals surface area (Å²) < 4.78 is 5.08. The SMILES string of the molecule is CCCCCCCCC=CCCCC(=O)OC(C)C. The number of unbranched alkanes of at least 4 members (excludes halogenated alkanes) is 7. The van der Waals surface area contributed by atoms with E-state index in [4.69, 9.17) is 4.74 Å². The predicted molar refractivity (Wildman–Crippen MR) is 82.2 cm³/mol. The number of rotatable bonds is 12. The topological polar surface area (TPSA) is 26.3 Å². The number of hydrogen-bond acceptors (Lipinski definition) is 2. The minimum atomic E-state index is -0.0701. The zero-order valence-corrected chi connectivity index (χ0v) is 13.1. The predicted octanol–water partition coefficient (Wildman–Crippen LogP) is 5.42. The smallest absolute Gasteiger partial charge is 0.306 e. The van der Waals surface area contributed by atoms with Crippen LogP contribution >= 0.6 is 0 Å². The van der Waals surface area contributed by atoms with Gasteiger partial charge in [0.1, 0.15) is 0 Å². The van der Waals surface area contributed by atoms with E-state index in [0.717, 1.165) is 12.8 Å². The van der Waals surface area contributed by atoms with Crippen LogP contribution in [0.5, 0.6) is 0 Å². The van der Waals surface area contributed by atoms with E-state index in [1.54, 1.807) is 0 Å². The van der Waals surface area contributed by atoms with E-state index in [9.17, 15) is 4.79 Å². The minimum absolute atomic E-state index is 0.00995. The zero-order chi connectivity index (χ0) is 14.3. The van der Waals surface area contributed by atoms with Gasteiger partial charge in [-0.05, 0) is 39.5 Å². The van der Waals surface area contributed by atoms with Gasteiger partial charge in [0.2, 0.25) is 0 Å². The molecule has 0 atom stereocenters. The van der Waals surface area contributed by atoms with Crippen molar-refractivity contribution in [1.29, 1.82) is 0 Å². The molecule has 0 heterocycles. The second kappa shape index (κ2) is 13.6. The van der Waals surface area contributed by atoms with Crippen LogP contribution in [-0.2, 0) is 9.53 Å². The normalized spacial score (nSPS) is 11.4. The molecule has 0 aromatic heterocycles. The van der Waals surface area contributed by atoms with E-state index in [2.05, 4.69) is 19.1 Å². The standard InChI is InChI=1S/C17H32O2/c1-4-5-6-7-8-9-10-11-12-13-14-15-17(18)19-16(2)3/h11-12,16H,4-10,13-15H2,1-3H3. The first-order chi connectivity index (χ1) is 9.16. The molecule has 19 heavy (non-hydrogen) atoms. The molecule has 0 unspecified atom stereocenters. The number of carbonyl (C=O) groups is 1. The summed E-state index contributed by atoms with van der Waals surface area (Å²) in [5, 5.41) is 0. The molecule has 2 nitrogen and oxygen atoms in total. The van der Waals surface area contributed by atoms with Gasteiger partial charge in [0.25, 0.3) is 0 Å². The van der Waals surface area contributed by atoms with Gasteiger partial charge in [-0.15, -0.1) is 0 Å². The number of carbonyl (C=O) groups excluding carboxylic acids is 1. The van der Waals surface area contributed by atoms with Crippen LogP contribution in [0.4, 0.5) is 0 Å². The summed E-state index contributed by atoms with van der Waals surface area (Å²) in [7, 11) is 0. The lowest BCUT2D eigenvalue weighted by Crippen LogP contribution is -2.10.